The van der Waals surface area contributed by atoms with Crippen LogP contribution in [0.2, 0.25) is 0 Å². The summed E-state index contributed by atoms with van der Waals surface area (Å²) in [6, 6.07) is 8.22. The second-order valence-corrected chi connectivity index (χ2v) is 6.02. The highest BCUT2D eigenvalue weighted by Gasteiger charge is 2.16. The minimum absolute atomic E-state index is 0.141. The Balaban J connectivity index is 2.38. The fraction of sp³-hybridized carbons (Fsp3) is 0.462. The normalized spacial score (nSPS) is 13.6. The van der Waals surface area contributed by atoms with E-state index in [1.54, 1.807) is 4.68 Å². The number of aromatic nitrogens is 4. The molecule has 4 nitrogen and oxygen atoms in total. The van der Waals surface area contributed by atoms with Crippen LogP contribution in [0.3, 0.4) is 0 Å². The lowest BCUT2D eigenvalue weighted by atomic mass is 9.87. The number of hydrogen-bond acceptors (Lipinski definition) is 3. The Morgan fingerprint density at radius 2 is 1.78 bits per heavy atom. The molecule has 5 heteroatoms. The van der Waals surface area contributed by atoms with Crippen LogP contribution in [0.25, 0.3) is 5.69 Å². The highest BCUT2D eigenvalue weighted by atomic mass is 35.5. The molecule has 0 aliphatic rings. The number of halogens is 1. The topological polar surface area (TPSA) is 43.6 Å². The molecule has 2 aromatic rings. The van der Waals surface area contributed by atoms with Gasteiger partial charge in [0.2, 0.25) is 0 Å². The molecule has 0 spiro atoms. The Morgan fingerprint density at radius 1 is 1.17 bits per heavy atom. The monoisotopic (exact) mass is 264 g/mol. The summed E-state index contributed by atoms with van der Waals surface area (Å²) in [6.45, 7) is 8.41. The van der Waals surface area contributed by atoms with Crippen LogP contribution in [-0.2, 0) is 5.41 Å². The van der Waals surface area contributed by atoms with Gasteiger partial charge in [-0.3, -0.25) is 0 Å². The molecule has 1 aromatic carbocycles. The van der Waals surface area contributed by atoms with E-state index in [4.69, 9.17) is 11.6 Å². The standard InChI is InChI=1S/C13H17ClN4/c1-9(14)12-15-16-17-18(12)11-7-5-10(6-8-11)13(2,3)4/h5-9H,1-4H3. The summed E-state index contributed by atoms with van der Waals surface area (Å²) < 4.78 is 1.67. The highest BCUT2D eigenvalue weighted by Crippen LogP contribution is 2.24. The Hall–Kier alpha value is -1.42. The summed E-state index contributed by atoms with van der Waals surface area (Å²) in [5, 5.41) is 11.4. The van der Waals surface area contributed by atoms with Crippen molar-refractivity contribution in [3.63, 3.8) is 0 Å². The molecular formula is C13H17ClN4. The smallest absolute Gasteiger partial charge is 0.174 e. The maximum absolute atomic E-state index is 6.04. The van der Waals surface area contributed by atoms with Crippen LogP contribution in [0.4, 0.5) is 0 Å². The fourth-order valence-electron chi connectivity index (χ4n) is 1.73. The third-order valence-electron chi connectivity index (χ3n) is 2.83. The van der Waals surface area contributed by atoms with Gasteiger partial charge in [0.15, 0.2) is 5.82 Å². The van der Waals surface area contributed by atoms with E-state index in [0.29, 0.717) is 5.82 Å². The average molecular weight is 265 g/mol. The first-order chi connectivity index (χ1) is 8.39. The Kier molecular flexibility index (Phi) is 3.39. The van der Waals surface area contributed by atoms with Crippen LogP contribution in [0.5, 0.6) is 0 Å². The Bertz CT molecular complexity index is 523. The van der Waals surface area contributed by atoms with E-state index in [1.165, 1.54) is 5.56 Å². The lowest BCUT2D eigenvalue weighted by Gasteiger charge is -2.19. The van der Waals surface area contributed by atoms with E-state index < -0.39 is 0 Å². The van der Waals surface area contributed by atoms with Gasteiger partial charge in [-0.1, -0.05) is 32.9 Å². The Morgan fingerprint density at radius 3 is 2.28 bits per heavy atom. The van der Waals surface area contributed by atoms with Crippen LogP contribution in [-0.4, -0.2) is 20.2 Å². The summed E-state index contributed by atoms with van der Waals surface area (Å²) in [7, 11) is 0. The summed E-state index contributed by atoms with van der Waals surface area (Å²) in [5.74, 6) is 0.653. The van der Waals surface area contributed by atoms with Gasteiger partial charge in [0.05, 0.1) is 11.1 Å². The van der Waals surface area contributed by atoms with Gasteiger partial charge in [0, 0.05) is 0 Å². The zero-order valence-corrected chi connectivity index (χ0v) is 11.8. The second-order valence-electron chi connectivity index (χ2n) is 5.36. The molecule has 96 valence electrons. The molecule has 0 saturated heterocycles. The van der Waals surface area contributed by atoms with Crippen LogP contribution >= 0.6 is 11.6 Å². The molecule has 0 aliphatic carbocycles. The van der Waals surface area contributed by atoms with E-state index >= 15 is 0 Å². The summed E-state index contributed by atoms with van der Waals surface area (Å²) >= 11 is 6.04. The van der Waals surface area contributed by atoms with Crippen molar-refractivity contribution in [3.05, 3.63) is 35.7 Å². The van der Waals surface area contributed by atoms with Gasteiger partial charge < -0.3 is 0 Å². The van der Waals surface area contributed by atoms with Gasteiger partial charge in [0.1, 0.15) is 0 Å². The van der Waals surface area contributed by atoms with Crippen LogP contribution in [0.15, 0.2) is 24.3 Å². The zero-order chi connectivity index (χ0) is 13.3. The van der Waals surface area contributed by atoms with Crippen molar-refractivity contribution in [3.8, 4) is 5.69 Å². The van der Waals surface area contributed by atoms with Crippen LogP contribution < -0.4 is 0 Å². The predicted molar refractivity (Wildman–Crippen MR) is 72.1 cm³/mol. The summed E-state index contributed by atoms with van der Waals surface area (Å²) in [6.07, 6.45) is 0. The van der Waals surface area contributed by atoms with Gasteiger partial charge in [-0.05, 0) is 40.5 Å². The van der Waals surface area contributed by atoms with Gasteiger partial charge in [0.25, 0.3) is 0 Å². The van der Waals surface area contributed by atoms with Crippen molar-refractivity contribution in [2.24, 2.45) is 0 Å². The van der Waals surface area contributed by atoms with Crippen molar-refractivity contribution >= 4 is 11.6 Å². The van der Waals surface area contributed by atoms with Crippen LogP contribution in [0, 0.1) is 0 Å². The lowest BCUT2D eigenvalue weighted by molar-refractivity contribution is 0.590. The molecular weight excluding hydrogens is 248 g/mol. The first-order valence-electron chi connectivity index (χ1n) is 5.93. The van der Waals surface area contributed by atoms with Crippen molar-refractivity contribution in [2.75, 3.05) is 0 Å². The molecule has 1 heterocycles. The zero-order valence-electron chi connectivity index (χ0n) is 11.1. The first kappa shape index (κ1) is 13.0. The number of nitrogens with zero attached hydrogens (tertiary/aromatic N) is 4. The SMILES string of the molecule is CC(Cl)c1nnnn1-c1ccc(C(C)(C)C)cc1. The molecule has 1 unspecified atom stereocenters. The third kappa shape index (κ3) is 2.53. The first-order valence-corrected chi connectivity index (χ1v) is 6.36. The predicted octanol–water partition coefficient (Wildman–Crippen LogP) is 3.26. The molecule has 1 atom stereocenters. The number of rotatable bonds is 2. The minimum Gasteiger partial charge on any atom is -0.196 e. The van der Waals surface area contributed by atoms with Crippen molar-refractivity contribution in [1.82, 2.24) is 20.2 Å². The average Bonchev–Trinajstić information content (AvgIpc) is 2.77. The molecule has 0 radical (unpaired) electrons. The lowest BCUT2D eigenvalue weighted by Crippen LogP contribution is -2.11. The van der Waals surface area contributed by atoms with Gasteiger partial charge >= 0.3 is 0 Å². The molecule has 2 rings (SSSR count). The summed E-state index contributed by atoms with van der Waals surface area (Å²) in [4.78, 5) is 0. The molecule has 18 heavy (non-hydrogen) atoms. The minimum atomic E-state index is -0.220. The van der Waals surface area contributed by atoms with Crippen molar-refractivity contribution in [2.45, 2.75) is 38.5 Å². The third-order valence-corrected chi connectivity index (χ3v) is 3.02. The number of tetrazole rings is 1. The molecule has 0 saturated carbocycles. The highest BCUT2D eigenvalue weighted by molar-refractivity contribution is 6.20. The fourth-order valence-corrected chi connectivity index (χ4v) is 1.86. The van der Waals surface area contributed by atoms with E-state index in [2.05, 4.69) is 48.4 Å². The van der Waals surface area contributed by atoms with Crippen molar-refractivity contribution < 1.29 is 0 Å². The number of hydrogen-bond donors (Lipinski definition) is 0. The van der Waals surface area contributed by atoms with E-state index in [-0.39, 0.29) is 10.8 Å². The van der Waals surface area contributed by atoms with E-state index in [0.717, 1.165) is 5.69 Å². The van der Waals surface area contributed by atoms with Gasteiger partial charge in [-0.25, -0.2) is 0 Å². The van der Waals surface area contributed by atoms with Crippen molar-refractivity contribution in [1.29, 1.82) is 0 Å². The Labute approximate surface area is 112 Å². The molecule has 0 N–H and O–H groups in total. The second kappa shape index (κ2) is 4.69. The number of alkyl halides is 1. The molecule has 0 aliphatic heterocycles. The van der Waals surface area contributed by atoms with E-state index in [9.17, 15) is 0 Å². The largest absolute Gasteiger partial charge is 0.196 e. The number of benzene rings is 1. The molecule has 0 amide bonds. The molecule has 0 fully saturated rings. The maximum atomic E-state index is 6.04. The summed E-state index contributed by atoms with van der Waals surface area (Å²) in [5.41, 5.74) is 2.34. The van der Waals surface area contributed by atoms with Gasteiger partial charge in [-0.15, -0.1) is 16.7 Å². The quantitative estimate of drug-likeness (QED) is 0.782. The van der Waals surface area contributed by atoms with Gasteiger partial charge in [-0.2, -0.15) is 4.68 Å². The molecule has 1 aromatic heterocycles. The molecule has 0 bridgehead atoms. The van der Waals surface area contributed by atoms with Crippen LogP contribution in [0.1, 0.15) is 44.5 Å². The maximum Gasteiger partial charge on any atom is 0.174 e. The van der Waals surface area contributed by atoms with E-state index in [1.807, 2.05) is 19.1 Å².